The number of ketones is 1. The molecule has 41 heavy (non-hydrogen) atoms. The lowest BCUT2D eigenvalue weighted by atomic mass is 9.90. The molecule has 10 nitrogen and oxygen atoms in total. The summed E-state index contributed by atoms with van der Waals surface area (Å²) in [6.07, 6.45) is -1.30. The van der Waals surface area contributed by atoms with Gasteiger partial charge in [0.05, 0.1) is 23.6 Å². The third kappa shape index (κ3) is 6.72. The summed E-state index contributed by atoms with van der Waals surface area (Å²) in [4.78, 5) is 63.2. The number of benzene rings is 2. The van der Waals surface area contributed by atoms with Crippen LogP contribution in [0.1, 0.15) is 50.6 Å². The number of anilines is 1. The van der Waals surface area contributed by atoms with E-state index >= 15 is 0 Å². The number of para-hydroxylation sites is 1. The zero-order valence-electron chi connectivity index (χ0n) is 23.4. The molecule has 0 spiro atoms. The summed E-state index contributed by atoms with van der Waals surface area (Å²) in [7, 11) is 0. The van der Waals surface area contributed by atoms with Gasteiger partial charge in [0, 0.05) is 17.2 Å². The molecule has 3 amide bonds. The number of aliphatic hydroxyl groups excluding tert-OH is 1. The smallest absolute Gasteiger partial charge is 0.272 e. The number of hydrogen-bond acceptors (Lipinski definition) is 7. The van der Waals surface area contributed by atoms with Gasteiger partial charge in [0.15, 0.2) is 11.9 Å². The Bertz CT molecular complexity index is 1470. The Hall–Kier alpha value is -4.70. The van der Waals surface area contributed by atoms with E-state index in [1.54, 1.807) is 99.8 Å². The van der Waals surface area contributed by atoms with E-state index in [9.17, 15) is 24.3 Å². The Labute approximate surface area is 238 Å². The molecule has 3 N–H and O–H groups in total. The van der Waals surface area contributed by atoms with Crippen molar-refractivity contribution in [1.29, 1.82) is 0 Å². The third-order valence-corrected chi connectivity index (χ3v) is 6.65. The fourth-order valence-corrected chi connectivity index (χ4v) is 4.18. The number of nitrogens with zero attached hydrogens (tertiary/aromatic N) is 3. The zero-order chi connectivity index (χ0) is 29.7. The molecule has 2 heterocycles. The van der Waals surface area contributed by atoms with E-state index in [0.29, 0.717) is 28.2 Å². The van der Waals surface area contributed by atoms with Gasteiger partial charge in [-0.05, 0) is 30.7 Å². The number of pyridine rings is 1. The lowest BCUT2D eigenvalue weighted by Gasteiger charge is -2.28. The average Bonchev–Trinajstić information content (AvgIpc) is 3.07. The second-order valence-electron chi connectivity index (χ2n) is 10.8. The molecule has 0 aliphatic carbocycles. The summed E-state index contributed by atoms with van der Waals surface area (Å²) in [5, 5.41) is 15.5. The maximum Gasteiger partial charge on any atom is 0.272 e. The summed E-state index contributed by atoms with van der Waals surface area (Å²) < 4.78 is 0. The molecule has 0 saturated carbocycles. The molecule has 0 fully saturated rings. The van der Waals surface area contributed by atoms with Gasteiger partial charge >= 0.3 is 0 Å². The van der Waals surface area contributed by atoms with Gasteiger partial charge in [-0.3, -0.25) is 24.2 Å². The molecule has 1 aliphatic heterocycles. The van der Waals surface area contributed by atoms with E-state index in [2.05, 4.69) is 20.6 Å². The lowest BCUT2D eigenvalue weighted by Crippen LogP contribution is -2.54. The van der Waals surface area contributed by atoms with E-state index in [1.165, 1.54) is 11.8 Å². The second-order valence-corrected chi connectivity index (χ2v) is 10.8. The van der Waals surface area contributed by atoms with E-state index < -0.39 is 41.4 Å². The Morgan fingerprint density at radius 2 is 1.61 bits per heavy atom. The number of aliphatic hydroxyl groups is 1. The monoisotopic (exact) mass is 555 g/mol. The number of benzodiazepines with no additional fused rings is 1. The van der Waals surface area contributed by atoms with Crippen molar-refractivity contribution in [3.05, 3.63) is 95.8 Å². The Morgan fingerprint density at radius 1 is 0.951 bits per heavy atom. The molecule has 0 saturated heterocycles. The molecule has 3 aromatic rings. The Kier molecular flexibility index (Phi) is 8.73. The number of rotatable bonds is 8. The average molecular weight is 556 g/mol. The van der Waals surface area contributed by atoms with E-state index in [-0.39, 0.29) is 12.3 Å². The van der Waals surface area contributed by atoms with Crippen molar-refractivity contribution in [3.8, 4) is 0 Å². The number of carbonyl (C=O) groups is 4. The van der Waals surface area contributed by atoms with Gasteiger partial charge in [-0.15, -0.1) is 0 Å². The number of hydrogen-bond donors (Lipinski definition) is 3. The number of fused-ring (bicyclic) bond motifs is 1. The standard InChI is InChI=1S/C31H33N5O5/c1-19(33-29(40)26(38)20-12-6-5-7-13-20)28(39)35-27-30(41)36(18-24(37)31(2,3)4)23-16-9-8-14-21(23)25(34-27)22-15-10-11-17-32-22/h5-17,19,26-27,38H,18H2,1-4H3,(H,33,40)(H,35,39)/t19-,26?,27?/m0/s1. The van der Waals surface area contributed by atoms with Crippen LogP contribution in [-0.2, 0) is 19.2 Å². The van der Waals surface area contributed by atoms with Gasteiger partial charge in [-0.1, -0.05) is 75.4 Å². The van der Waals surface area contributed by atoms with Gasteiger partial charge < -0.3 is 20.6 Å². The first kappa shape index (κ1) is 29.3. The van der Waals surface area contributed by atoms with Crippen molar-refractivity contribution in [2.45, 2.75) is 46.0 Å². The summed E-state index contributed by atoms with van der Waals surface area (Å²) in [6, 6.07) is 19.5. The number of Topliss-reactive ketones (excluding diaryl/α,β-unsaturated/α-hetero) is 1. The largest absolute Gasteiger partial charge is 0.378 e. The van der Waals surface area contributed by atoms with Crippen molar-refractivity contribution in [1.82, 2.24) is 15.6 Å². The van der Waals surface area contributed by atoms with Gasteiger partial charge in [0.1, 0.15) is 6.04 Å². The summed E-state index contributed by atoms with van der Waals surface area (Å²) in [5.41, 5.74) is 1.53. The first-order valence-corrected chi connectivity index (χ1v) is 13.2. The van der Waals surface area contributed by atoms with E-state index in [1.807, 2.05) is 0 Å². The third-order valence-electron chi connectivity index (χ3n) is 6.65. The van der Waals surface area contributed by atoms with Crippen molar-refractivity contribution in [2.24, 2.45) is 10.4 Å². The van der Waals surface area contributed by atoms with Crippen LogP contribution in [0.4, 0.5) is 5.69 Å². The topological polar surface area (TPSA) is 141 Å². The number of aliphatic imine (C=N–C) groups is 1. The highest BCUT2D eigenvalue weighted by atomic mass is 16.3. The normalized spacial score (nSPS) is 16.5. The maximum absolute atomic E-state index is 13.9. The minimum absolute atomic E-state index is 0.178. The Balaban J connectivity index is 1.65. The molecule has 3 atom stereocenters. The van der Waals surface area contributed by atoms with Crippen LogP contribution in [0.3, 0.4) is 0 Å². The molecule has 1 aromatic heterocycles. The first-order chi connectivity index (χ1) is 19.5. The van der Waals surface area contributed by atoms with Crippen LogP contribution >= 0.6 is 0 Å². The summed E-state index contributed by atoms with van der Waals surface area (Å²) in [6.45, 7) is 6.52. The fourth-order valence-electron chi connectivity index (χ4n) is 4.18. The highest BCUT2D eigenvalue weighted by Gasteiger charge is 2.37. The predicted molar refractivity (Wildman–Crippen MR) is 154 cm³/mol. The van der Waals surface area contributed by atoms with Crippen molar-refractivity contribution >= 4 is 34.9 Å². The maximum atomic E-state index is 13.9. The highest BCUT2D eigenvalue weighted by Crippen LogP contribution is 2.29. The first-order valence-electron chi connectivity index (χ1n) is 13.2. The van der Waals surface area contributed by atoms with E-state index in [4.69, 9.17) is 0 Å². The molecule has 1 aliphatic rings. The van der Waals surface area contributed by atoms with Crippen molar-refractivity contribution in [3.63, 3.8) is 0 Å². The van der Waals surface area contributed by atoms with Crippen molar-refractivity contribution < 1.29 is 24.3 Å². The van der Waals surface area contributed by atoms with E-state index in [0.717, 1.165) is 0 Å². The SMILES string of the molecule is C[C@H](NC(=O)C(O)c1ccccc1)C(=O)NC1N=C(c2ccccn2)c2ccccc2N(CC(=O)C(C)(C)C)C1=O. The Morgan fingerprint density at radius 3 is 2.27 bits per heavy atom. The van der Waals surface area contributed by atoms with Crippen LogP contribution in [-0.4, -0.2) is 58.1 Å². The predicted octanol–water partition coefficient (Wildman–Crippen LogP) is 2.56. The molecule has 0 bridgehead atoms. The van der Waals surface area contributed by atoms with Crippen LogP contribution < -0.4 is 15.5 Å². The van der Waals surface area contributed by atoms with Crippen LogP contribution in [0, 0.1) is 5.41 Å². The highest BCUT2D eigenvalue weighted by molar-refractivity contribution is 6.20. The molecule has 2 unspecified atom stereocenters. The summed E-state index contributed by atoms with van der Waals surface area (Å²) >= 11 is 0. The second kappa shape index (κ2) is 12.2. The molecule has 10 heteroatoms. The van der Waals surface area contributed by atoms with Crippen LogP contribution in [0.2, 0.25) is 0 Å². The van der Waals surface area contributed by atoms with Gasteiger partial charge in [0.25, 0.3) is 11.8 Å². The quantitative estimate of drug-likeness (QED) is 0.390. The zero-order valence-corrected chi connectivity index (χ0v) is 23.4. The van der Waals surface area contributed by atoms with Gasteiger partial charge in [0.2, 0.25) is 12.1 Å². The minimum atomic E-state index is -1.48. The number of aromatic nitrogens is 1. The van der Waals surface area contributed by atoms with Crippen LogP contribution in [0.25, 0.3) is 0 Å². The van der Waals surface area contributed by atoms with Crippen LogP contribution in [0.5, 0.6) is 0 Å². The number of nitrogens with one attached hydrogen (secondary N) is 2. The molecule has 212 valence electrons. The molecular formula is C31H33N5O5. The minimum Gasteiger partial charge on any atom is -0.378 e. The van der Waals surface area contributed by atoms with Gasteiger partial charge in [-0.25, -0.2) is 4.99 Å². The molecule has 4 rings (SSSR count). The lowest BCUT2D eigenvalue weighted by molar-refractivity contribution is -0.135. The van der Waals surface area contributed by atoms with Gasteiger partial charge in [-0.2, -0.15) is 0 Å². The number of amides is 3. The fraction of sp³-hybridized carbons (Fsp3) is 0.290. The number of carbonyl (C=O) groups excluding carboxylic acids is 4. The van der Waals surface area contributed by atoms with Crippen molar-refractivity contribution in [2.75, 3.05) is 11.4 Å². The summed E-state index contributed by atoms with van der Waals surface area (Å²) in [5.74, 6) is -2.26. The molecule has 2 aromatic carbocycles. The van der Waals surface area contributed by atoms with Crippen LogP contribution in [0.15, 0.2) is 84.0 Å². The molecule has 0 radical (unpaired) electrons. The molecular weight excluding hydrogens is 522 g/mol.